The number of hydrogen-bond donors (Lipinski definition) is 1. The second-order valence-corrected chi connectivity index (χ2v) is 4.62. The van der Waals surface area contributed by atoms with Crippen LogP contribution in [0.15, 0.2) is 30.3 Å². The molecule has 0 amide bonds. The van der Waals surface area contributed by atoms with E-state index in [0.717, 1.165) is 17.7 Å². The van der Waals surface area contributed by atoms with E-state index in [1.54, 1.807) is 12.1 Å². The van der Waals surface area contributed by atoms with Crippen LogP contribution in [0.25, 0.3) is 0 Å². The van der Waals surface area contributed by atoms with Gasteiger partial charge in [0.15, 0.2) is 17.5 Å². The first-order chi connectivity index (χ1) is 8.97. The molecule has 0 atom stereocenters. The van der Waals surface area contributed by atoms with Gasteiger partial charge in [0.2, 0.25) is 0 Å². The number of anilines is 1. The van der Waals surface area contributed by atoms with Crippen LogP contribution >= 0.6 is 11.6 Å². The summed E-state index contributed by atoms with van der Waals surface area (Å²) in [6.45, 7) is 2.05. The molecule has 2 aromatic carbocycles. The second-order valence-electron chi connectivity index (χ2n) is 4.21. The van der Waals surface area contributed by atoms with Crippen LogP contribution in [0.1, 0.15) is 11.1 Å². The topological polar surface area (TPSA) is 12.0 Å². The Morgan fingerprint density at radius 2 is 1.68 bits per heavy atom. The van der Waals surface area contributed by atoms with E-state index < -0.39 is 17.5 Å². The lowest BCUT2D eigenvalue weighted by molar-refractivity contribution is 0.445. The molecule has 0 heterocycles. The van der Waals surface area contributed by atoms with E-state index in [-0.39, 0.29) is 6.54 Å². The maximum absolute atomic E-state index is 13.0. The van der Waals surface area contributed by atoms with E-state index in [9.17, 15) is 13.2 Å². The van der Waals surface area contributed by atoms with Gasteiger partial charge in [-0.15, -0.1) is 0 Å². The third-order valence-corrected chi connectivity index (χ3v) is 2.96. The summed E-state index contributed by atoms with van der Waals surface area (Å²) < 4.78 is 38.8. The summed E-state index contributed by atoms with van der Waals surface area (Å²) >= 11 is 6.01. The third kappa shape index (κ3) is 3.20. The first kappa shape index (κ1) is 13.7. The zero-order valence-electron chi connectivity index (χ0n) is 10.1. The lowest BCUT2D eigenvalue weighted by Crippen LogP contribution is -2.02. The van der Waals surface area contributed by atoms with Crippen LogP contribution in [0, 0.1) is 24.4 Å². The van der Waals surface area contributed by atoms with Crippen LogP contribution in [0.5, 0.6) is 0 Å². The fraction of sp³-hybridized carbons (Fsp3) is 0.143. The predicted molar refractivity (Wildman–Crippen MR) is 69.8 cm³/mol. The lowest BCUT2D eigenvalue weighted by atomic mass is 10.2. The van der Waals surface area contributed by atoms with Crippen molar-refractivity contribution in [1.29, 1.82) is 0 Å². The van der Waals surface area contributed by atoms with E-state index in [1.165, 1.54) is 0 Å². The highest BCUT2D eigenvalue weighted by atomic mass is 35.5. The van der Waals surface area contributed by atoms with Crippen molar-refractivity contribution in [1.82, 2.24) is 0 Å². The minimum atomic E-state index is -1.46. The maximum Gasteiger partial charge on any atom is 0.194 e. The zero-order chi connectivity index (χ0) is 14.0. The van der Waals surface area contributed by atoms with E-state index in [0.29, 0.717) is 16.3 Å². The summed E-state index contributed by atoms with van der Waals surface area (Å²) in [7, 11) is 0. The minimum Gasteiger partial charge on any atom is -0.380 e. The molecule has 0 spiro atoms. The number of aryl methyl sites for hydroxylation is 1. The Bertz CT molecular complexity index is 591. The summed E-state index contributed by atoms with van der Waals surface area (Å²) in [6, 6.07) is 7.31. The molecule has 0 saturated heterocycles. The fourth-order valence-electron chi connectivity index (χ4n) is 1.67. The summed E-state index contributed by atoms with van der Waals surface area (Å²) in [5, 5.41) is 3.46. The third-order valence-electron chi connectivity index (χ3n) is 2.65. The predicted octanol–water partition coefficient (Wildman–Crippen LogP) is 4.68. The van der Waals surface area contributed by atoms with Gasteiger partial charge in [0, 0.05) is 6.54 Å². The van der Waals surface area contributed by atoms with Gasteiger partial charge < -0.3 is 5.32 Å². The van der Waals surface area contributed by atoms with Crippen molar-refractivity contribution in [2.24, 2.45) is 0 Å². The average molecular weight is 286 g/mol. The number of hydrogen-bond acceptors (Lipinski definition) is 1. The molecule has 0 aromatic heterocycles. The largest absolute Gasteiger partial charge is 0.380 e. The van der Waals surface area contributed by atoms with Crippen LogP contribution < -0.4 is 5.32 Å². The first-order valence-corrected chi connectivity index (χ1v) is 5.98. The molecule has 1 N–H and O–H groups in total. The maximum atomic E-state index is 13.0. The van der Waals surface area contributed by atoms with Gasteiger partial charge in [-0.3, -0.25) is 0 Å². The Kier molecular flexibility index (Phi) is 4.00. The molecule has 5 heteroatoms. The van der Waals surface area contributed by atoms with Gasteiger partial charge >= 0.3 is 0 Å². The van der Waals surface area contributed by atoms with Crippen LogP contribution in [-0.4, -0.2) is 0 Å². The van der Waals surface area contributed by atoms with Crippen molar-refractivity contribution >= 4 is 17.3 Å². The van der Waals surface area contributed by atoms with Crippen molar-refractivity contribution in [2.75, 3.05) is 5.32 Å². The quantitative estimate of drug-likeness (QED) is 0.808. The molecule has 0 aliphatic carbocycles. The van der Waals surface area contributed by atoms with Gasteiger partial charge in [-0.1, -0.05) is 17.7 Å². The van der Waals surface area contributed by atoms with Crippen LogP contribution in [0.4, 0.5) is 18.9 Å². The number of benzene rings is 2. The Hall–Kier alpha value is -1.68. The highest BCUT2D eigenvalue weighted by molar-refractivity contribution is 6.33. The van der Waals surface area contributed by atoms with E-state index in [1.807, 2.05) is 13.0 Å². The molecule has 0 radical (unpaired) electrons. The SMILES string of the molecule is Cc1ccc(NCc2cc(F)c(F)c(F)c2)c(Cl)c1. The van der Waals surface area contributed by atoms with Crippen LogP contribution in [0.3, 0.4) is 0 Å². The minimum absolute atomic E-state index is 0.150. The fourth-order valence-corrected chi connectivity index (χ4v) is 1.97. The summed E-state index contributed by atoms with van der Waals surface area (Å²) in [6.07, 6.45) is 0. The Morgan fingerprint density at radius 1 is 1.05 bits per heavy atom. The van der Waals surface area contributed by atoms with Crippen molar-refractivity contribution < 1.29 is 13.2 Å². The Morgan fingerprint density at radius 3 is 2.26 bits per heavy atom. The van der Waals surface area contributed by atoms with Gasteiger partial charge in [-0.05, 0) is 42.3 Å². The summed E-state index contributed by atoms with van der Waals surface area (Å²) in [4.78, 5) is 0. The molecule has 2 rings (SSSR count). The van der Waals surface area contributed by atoms with Gasteiger partial charge in [0.1, 0.15) is 0 Å². The second kappa shape index (κ2) is 5.53. The molecule has 0 fully saturated rings. The van der Waals surface area contributed by atoms with Gasteiger partial charge in [0.05, 0.1) is 10.7 Å². The van der Waals surface area contributed by atoms with Crippen molar-refractivity contribution in [3.63, 3.8) is 0 Å². The summed E-state index contributed by atoms with van der Waals surface area (Å²) in [5.41, 5.74) is 1.96. The highest BCUT2D eigenvalue weighted by Crippen LogP contribution is 2.23. The molecule has 0 aliphatic rings. The molecule has 2 aromatic rings. The molecule has 19 heavy (non-hydrogen) atoms. The van der Waals surface area contributed by atoms with E-state index >= 15 is 0 Å². The average Bonchev–Trinajstić information content (AvgIpc) is 2.34. The van der Waals surface area contributed by atoms with E-state index in [2.05, 4.69) is 5.32 Å². The van der Waals surface area contributed by atoms with Crippen molar-refractivity contribution in [3.05, 3.63) is 63.9 Å². The first-order valence-electron chi connectivity index (χ1n) is 5.61. The van der Waals surface area contributed by atoms with Crippen LogP contribution in [-0.2, 0) is 6.54 Å². The molecular weight excluding hydrogens is 275 g/mol. The molecule has 100 valence electrons. The zero-order valence-corrected chi connectivity index (χ0v) is 10.9. The Labute approximate surface area is 114 Å². The molecule has 1 nitrogen and oxygen atoms in total. The number of halogens is 4. The standard InChI is InChI=1S/C14H11ClF3N/c1-8-2-3-13(10(15)4-8)19-7-9-5-11(16)14(18)12(17)6-9/h2-6,19H,7H2,1H3. The molecule has 0 aliphatic heterocycles. The summed E-state index contributed by atoms with van der Waals surface area (Å²) in [5.74, 6) is -3.87. The lowest BCUT2D eigenvalue weighted by Gasteiger charge is -2.09. The molecule has 0 bridgehead atoms. The van der Waals surface area contributed by atoms with Crippen molar-refractivity contribution in [3.8, 4) is 0 Å². The Balaban J connectivity index is 2.14. The molecule has 0 unspecified atom stereocenters. The molecular formula is C14H11ClF3N. The van der Waals surface area contributed by atoms with Gasteiger partial charge in [-0.2, -0.15) is 0 Å². The smallest absolute Gasteiger partial charge is 0.194 e. The highest BCUT2D eigenvalue weighted by Gasteiger charge is 2.10. The monoisotopic (exact) mass is 285 g/mol. The van der Waals surface area contributed by atoms with Crippen molar-refractivity contribution in [2.45, 2.75) is 13.5 Å². The molecule has 0 saturated carbocycles. The van der Waals surface area contributed by atoms with Crippen LogP contribution in [0.2, 0.25) is 5.02 Å². The number of rotatable bonds is 3. The number of nitrogens with one attached hydrogen (secondary N) is 1. The normalized spacial score (nSPS) is 10.6. The van der Waals surface area contributed by atoms with E-state index in [4.69, 9.17) is 11.6 Å². The van der Waals surface area contributed by atoms with Gasteiger partial charge in [0.25, 0.3) is 0 Å². The van der Waals surface area contributed by atoms with Gasteiger partial charge in [-0.25, -0.2) is 13.2 Å².